The van der Waals surface area contributed by atoms with E-state index in [1.165, 1.54) is 0 Å². The van der Waals surface area contributed by atoms with Crippen molar-refractivity contribution in [1.82, 2.24) is 4.98 Å². The zero-order chi connectivity index (χ0) is 16.4. The molecule has 0 bridgehead atoms. The Morgan fingerprint density at radius 2 is 1.95 bits per heavy atom. The van der Waals surface area contributed by atoms with Gasteiger partial charge in [-0.25, -0.2) is 9.37 Å². The summed E-state index contributed by atoms with van der Waals surface area (Å²) in [5.74, 6) is -1.77. The number of pyridine rings is 1. The molecule has 0 spiro atoms. The van der Waals surface area contributed by atoms with Crippen LogP contribution in [0.1, 0.15) is 25.3 Å². The highest BCUT2D eigenvalue weighted by Gasteiger charge is 2.37. The lowest BCUT2D eigenvalue weighted by atomic mass is 10.0. The lowest BCUT2D eigenvalue weighted by Gasteiger charge is -2.40. The Bertz CT molecular complexity index is 514. The van der Waals surface area contributed by atoms with E-state index >= 15 is 0 Å². The van der Waals surface area contributed by atoms with Crippen LogP contribution in [0.3, 0.4) is 0 Å². The standard InChI is InChI=1S/C14H18F4N2O2/c1-3-22-13(21-2)4-6-20(7-5-13)12-11(15)8-10(9-19-12)14(16,17)18/h8-9H,3-7H2,1-2H3. The van der Waals surface area contributed by atoms with Crippen LogP contribution in [-0.4, -0.2) is 37.6 Å². The molecule has 2 rings (SSSR count). The number of anilines is 1. The third-order valence-corrected chi connectivity index (χ3v) is 3.75. The van der Waals surface area contributed by atoms with Crippen LogP contribution in [0.5, 0.6) is 0 Å². The minimum atomic E-state index is -4.60. The molecule has 0 radical (unpaired) electrons. The molecular weight excluding hydrogens is 304 g/mol. The van der Waals surface area contributed by atoms with Gasteiger partial charge in [-0.2, -0.15) is 13.2 Å². The van der Waals surface area contributed by atoms with Gasteiger partial charge in [-0.1, -0.05) is 0 Å². The van der Waals surface area contributed by atoms with E-state index in [1.54, 1.807) is 12.0 Å². The molecule has 2 heterocycles. The number of piperidine rings is 1. The molecule has 4 nitrogen and oxygen atoms in total. The lowest BCUT2D eigenvalue weighted by Crippen LogP contribution is -2.48. The Morgan fingerprint density at radius 3 is 2.41 bits per heavy atom. The summed E-state index contributed by atoms with van der Waals surface area (Å²) in [5, 5.41) is 0. The van der Waals surface area contributed by atoms with Gasteiger partial charge < -0.3 is 14.4 Å². The van der Waals surface area contributed by atoms with E-state index in [9.17, 15) is 17.6 Å². The van der Waals surface area contributed by atoms with Gasteiger partial charge in [0, 0.05) is 45.8 Å². The zero-order valence-electron chi connectivity index (χ0n) is 12.4. The first kappa shape index (κ1) is 17.0. The lowest BCUT2D eigenvalue weighted by molar-refractivity contribution is -0.230. The first-order chi connectivity index (χ1) is 10.3. The highest BCUT2D eigenvalue weighted by molar-refractivity contribution is 5.42. The van der Waals surface area contributed by atoms with Crippen molar-refractivity contribution in [2.75, 3.05) is 31.7 Å². The van der Waals surface area contributed by atoms with Crippen molar-refractivity contribution in [2.24, 2.45) is 0 Å². The molecule has 0 saturated carbocycles. The van der Waals surface area contributed by atoms with E-state index < -0.39 is 23.3 Å². The van der Waals surface area contributed by atoms with Crippen LogP contribution in [0.25, 0.3) is 0 Å². The van der Waals surface area contributed by atoms with Crippen molar-refractivity contribution >= 4 is 5.82 Å². The highest BCUT2D eigenvalue weighted by atomic mass is 19.4. The third-order valence-electron chi connectivity index (χ3n) is 3.75. The number of hydrogen-bond acceptors (Lipinski definition) is 4. The maximum absolute atomic E-state index is 13.9. The van der Waals surface area contributed by atoms with Crippen molar-refractivity contribution in [3.8, 4) is 0 Å². The van der Waals surface area contributed by atoms with Gasteiger partial charge in [0.1, 0.15) is 0 Å². The Kier molecular flexibility index (Phi) is 4.91. The van der Waals surface area contributed by atoms with E-state index in [2.05, 4.69) is 4.98 Å². The van der Waals surface area contributed by atoms with Gasteiger partial charge in [0.15, 0.2) is 17.4 Å². The van der Waals surface area contributed by atoms with Gasteiger partial charge in [-0.3, -0.25) is 0 Å². The normalized spacial score (nSPS) is 18.5. The van der Waals surface area contributed by atoms with Crippen LogP contribution in [0.2, 0.25) is 0 Å². The molecule has 1 aliphatic heterocycles. The summed E-state index contributed by atoms with van der Waals surface area (Å²) in [5.41, 5.74) is -1.09. The van der Waals surface area contributed by atoms with E-state index in [-0.39, 0.29) is 5.82 Å². The van der Waals surface area contributed by atoms with Gasteiger partial charge in [0.2, 0.25) is 0 Å². The molecule has 0 atom stereocenters. The maximum atomic E-state index is 13.9. The molecule has 0 unspecified atom stereocenters. The predicted octanol–water partition coefficient (Wildman–Crippen LogP) is 3.22. The van der Waals surface area contributed by atoms with Gasteiger partial charge in [0.25, 0.3) is 0 Å². The molecule has 1 aromatic rings. The smallest absolute Gasteiger partial charge is 0.354 e. The number of alkyl halides is 3. The Balaban J connectivity index is 2.12. The fourth-order valence-electron chi connectivity index (χ4n) is 2.55. The van der Waals surface area contributed by atoms with Crippen molar-refractivity contribution in [3.05, 3.63) is 23.6 Å². The summed E-state index contributed by atoms with van der Waals surface area (Å²) in [7, 11) is 1.54. The van der Waals surface area contributed by atoms with E-state index in [0.717, 1.165) is 0 Å². The minimum Gasteiger partial charge on any atom is -0.354 e. The Labute approximate surface area is 126 Å². The van der Waals surface area contributed by atoms with E-state index in [0.29, 0.717) is 44.8 Å². The number of hydrogen-bond donors (Lipinski definition) is 0. The van der Waals surface area contributed by atoms with Crippen LogP contribution in [-0.2, 0) is 15.7 Å². The van der Waals surface area contributed by atoms with Crippen LogP contribution in [0.4, 0.5) is 23.4 Å². The van der Waals surface area contributed by atoms with Gasteiger partial charge in [0.05, 0.1) is 5.56 Å². The van der Waals surface area contributed by atoms with E-state index in [1.807, 2.05) is 6.92 Å². The highest BCUT2D eigenvalue weighted by Crippen LogP contribution is 2.33. The number of ether oxygens (including phenoxy) is 2. The number of aromatic nitrogens is 1. The number of rotatable bonds is 4. The molecule has 22 heavy (non-hydrogen) atoms. The fraction of sp³-hybridized carbons (Fsp3) is 0.643. The number of methoxy groups -OCH3 is 1. The average Bonchev–Trinajstić information content (AvgIpc) is 2.47. The van der Waals surface area contributed by atoms with Crippen LogP contribution in [0.15, 0.2) is 12.3 Å². The van der Waals surface area contributed by atoms with Crippen molar-refractivity contribution in [3.63, 3.8) is 0 Å². The zero-order valence-corrected chi connectivity index (χ0v) is 12.4. The molecular formula is C14H18F4N2O2. The monoisotopic (exact) mass is 322 g/mol. The molecule has 1 aromatic heterocycles. The molecule has 1 saturated heterocycles. The molecule has 0 aliphatic carbocycles. The first-order valence-electron chi connectivity index (χ1n) is 6.98. The van der Waals surface area contributed by atoms with Gasteiger partial charge >= 0.3 is 6.18 Å². The van der Waals surface area contributed by atoms with Crippen LogP contribution >= 0.6 is 0 Å². The van der Waals surface area contributed by atoms with Crippen LogP contribution in [0, 0.1) is 5.82 Å². The molecule has 124 valence electrons. The quantitative estimate of drug-likeness (QED) is 0.630. The maximum Gasteiger partial charge on any atom is 0.417 e. The van der Waals surface area contributed by atoms with Gasteiger partial charge in [-0.05, 0) is 13.0 Å². The van der Waals surface area contributed by atoms with Gasteiger partial charge in [-0.15, -0.1) is 0 Å². The Morgan fingerprint density at radius 1 is 1.32 bits per heavy atom. The topological polar surface area (TPSA) is 34.6 Å². The second kappa shape index (κ2) is 6.37. The summed E-state index contributed by atoms with van der Waals surface area (Å²) in [6, 6.07) is 0.475. The summed E-state index contributed by atoms with van der Waals surface area (Å²) in [6.07, 6.45) is -2.98. The second-order valence-corrected chi connectivity index (χ2v) is 5.06. The van der Waals surface area contributed by atoms with Crippen LogP contribution < -0.4 is 4.90 Å². The SMILES string of the molecule is CCOC1(OC)CCN(c2ncc(C(F)(F)F)cc2F)CC1. The molecule has 8 heteroatoms. The summed E-state index contributed by atoms with van der Waals surface area (Å²) >= 11 is 0. The predicted molar refractivity (Wildman–Crippen MR) is 72.0 cm³/mol. The number of nitrogens with zero attached hydrogens (tertiary/aromatic N) is 2. The molecule has 0 aromatic carbocycles. The average molecular weight is 322 g/mol. The minimum absolute atomic E-state index is 0.0748. The molecule has 0 amide bonds. The first-order valence-corrected chi connectivity index (χ1v) is 6.98. The Hall–Kier alpha value is -1.41. The van der Waals surface area contributed by atoms with Crippen molar-refractivity contribution in [1.29, 1.82) is 0 Å². The van der Waals surface area contributed by atoms with E-state index in [4.69, 9.17) is 9.47 Å². The van der Waals surface area contributed by atoms with Crippen molar-refractivity contribution in [2.45, 2.75) is 31.7 Å². The summed E-state index contributed by atoms with van der Waals surface area (Å²) < 4.78 is 62.5. The summed E-state index contributed by atoms with van der Waals surface area (Å²) in [6.45, 7) is 3.12. The molecule has 1 fully saturated rings. The third kappa shape index (κ3) is 3.49. The largest absolute Gasteiger partial charge is 0.417 e. The molecule has 0 N–H and O–H groups in total. The van der Waals surface area contributed by atoms with Crippen molar-refractivity contribution < 1.29 is 27.0 Å². The molecule has 1 aliphatic rings. The second-order valence-electron chi connectivity index (χ2n) is 5.06. The number of halogens is 4. The fourth-order valence-corrected chi connectivity index (χ4v) is 2.55. The summed E-state index contributed by atoms with van der Waals surface area (Å²) in [4.78, 5) is 5.24.